The van der Waals surface area contributed by atoms with Crippen molar-refractivity contribution >= 4 is 164 Å². The molecule has 466 valence electrons. The lowest BCUT2D eigenvalue weighted by molar-refractivity contribution is -0.432. The minimum absolute atomic E-state index is 0.00611. The van der Waals surface area contributed by atoms with Gasteiger partial charge in [-0.2, -0.15) is 45.7 Å². The number of fused-ring (bicyclic) bond motifs is 2. The minimum atomic E-state index is -5.19. The predicted molar refractivity (Wildman–Crippen MR) is 310 cm³/mol. The fourth-order valence-corrected chi connectivity index (χ4v) is 12.6. The Morgan fingerprint density at radius 2 is 1.00 bits per heavy atom. The lowest BCUT2D eigenvalue weighted by Crippen LogP contribution is -2.15. The van der Waals surface area contributed by atoms with Crippen molar-refractivity contribution in [1.82, 2.24) is 0 Å². The van der Waals surface area contributed by atoms with Gasteiger partial charge in [-0.3, -0.25) is 28.5 Å². The molecule has 0 heterocycles. The van der Waals surface area contributed by atoms with Gasteiger partial charge in [0.25, 0.3) is 35.9 Å². The average Bonchev–Trinajstić information content (AvgIpc) is 0.798. The number of nitro groups is 1. The number of anilines is 3. The largest absolute Gasteiger partial charge is 0.505 e. The molecular formula is C46H36N12O24S7. The van der Waals surface area contributed by atoms with E-state index < -0.39 is 134 Å². The smallest absolute Gasteiger partial charge is 0.397 e. The maximum atomic E-state index is 13.5. The monoisotopic (exact) mass is 1360 g/mol. The lowest BCUT2D eigenvalue weighted by atomic mass is 10.0. The average molecular weight is 1370 g/mol. The highest BCUT2D eigenvalue weighted by atomic mass is 32.3. The fourth-order valence-electron chi connectivity index (χ4n) is 7.71. The van der Waals surface area contributed by atoms with E-state index >= 15 is 0 Å². The van der Waals surface area contributed by atoms with Gasteiger partial charge in [0.2, 0.25) is 0 Å². The first-order chi connectivity index (χ1) is 41.9. The van der Waals surface area contributed by atoms with Gasteiger partial charge in [-0.1, -0.05) is 10.1 Å². The first-order valence-electron chi connectivity index (χ1n) is 23.5. The van der Waals surface area contributed by atoms with Gasteiger partial charge in [-0.15, -0.1) is 29.1 Å². The van der Waals surface area contributed by atoms with Crippen LogP contribution in [0.25, 0.3) is 21.5 Å². The van der Waals surface area contributed by atoms with E-state index in [9.17, 15) is 71.5 Å². The fraction of sp³-hybridized carbons (Fsp3) is 0.0435. The second kappa shape index (κ2) is 26.8. The first kappa shape index (κ1) is 66.1. The Balaban J connectivity index is 1.03. The first-order valence-corrected chi connectivity index (χ1v) is 32.3. The van der Waals surface area contributed by atoms with E-state index in [1.807, 2.05) is 0 Å². The number of azo groups is 4. The second-order valence-corrected chi connectivity index (χ2v) is 26.4. The predicted octanol–water partition coefficient (Wildman–Crippen LogP) is 10.9. The molecule has 0 atom stereocenters. The molecule has 0 saturated heterocycles. The van der Waals surface area contributed by atoms with Gasteiger partial charge in [0.05, 0.1) is 106 Å². The van der Waals surface area contributed by atoms with Crippen LogP contribution in [-0.4, -0.2) is 93.8 Å². The molecule has 0 radical (unpaired) electrons. The number of phenolic OH excluding ortho intramolecular Hbond substituents is 2. The van der Waals surface area contributed by atoms with Gasteiger partial charge in [0.15, 0.2) is 21.3 Å². The summed E-state index contributed by atoms with van der Waals surface area (Å²) in [7, 11) is -23.8. The third-order valence-corrected chi connectivity index (χ3v) is 18.2. The molecule has 8 aromatic rings. The van der Waals surface area contributed by atoms with E-state index in [1.165, 1.54) is 36.4 Å². The maximum Gasteiger partial charge on any atom is 0.397 e. The van der Waals surface area contributed by atoms with Crippen LogP contribution < -0.4 is 16.2 Å². The van der Waals surface area contributed by atoms with E-state index in [-0.39, 0.29) is 88.6 Å². The molecule has 0 aliphatic heterocycles. The van der Waals surface area contributed by atoms with Crippen molar-refractivity contribution in [3.8, 4) is 11.5 Å². The van der Waals surface area contributed by atoms with Crippen LogP contribution in [-0.2, 0) is 73.4 Å². The van der Waals surface area contributed by atoms with Gasteiger partial charge in [-0.05, 0) is 115 Å². The Kier molecular flexibility index (Phi) is 19.9. The van der Waals surface area contributed by atoms with Crippen molar-refractivity contribution in [2.45, 2.75) is 29.4 Å². The van der Waals surface area contributed by atoms with E-state index in [2.05, 4.69) is 68.6 Å². The summed E-state index contributed by atoms with van der Waals surface area (Å²) in [6, 6.07) is 22.4. The number of nitrogen functional groups attached to an aromatic ring is 2. The molecule has 8 aromatic carbocycles. The summed E-state index contributed by atoms with van der Waals surface area (Å²) >= 11 is 0.448. The molecule has 0 bridgehead atoms. The Hall–Kier alpha value is -8.87. The Morgan fingerprint density at radius 3 is 1.49 bits per heavy atom. The SMILES string of the molecule is Nc1c(/N=N/c2ccc(S(=O)(=O)Nc3ccc(/N=N/c4c(SOOO)cc5c(S(=O)(=O)O)cc(/N=N/c6ccc(S(=O)(=O)CCOS(=O)(=O)O)cc6)c(N)c5c4O)cc3)cc2)c(S(=O)(=O)O)cc2cc(SOOO)c(/N=N/c3ccc([N+](=O)[O-])cc3)c(O)c12. The van der Waals surface area contributed by atoms with Crippen LogP contribution in [0.4, 0.5) is 68.2 Å². The van der Waals surface area contributed by atoms with Crippen LogP contribution >= 0.6 is 24.1 Å². The number of rotatable bonds is 25. The number of aromatic hydroxyl groups is 2. The summed E-state index contributed by atoms with van der Waals surface area (Å²) in [5.41, 5.74) is 9.24. The lowest BCUT2D eigenvalue weighted by Gasteiger charge is -2.14. The number of phenols is 2. The van der Waals surface area contributed by atoms with E-state index in [1.54, 1.807) is 0 Å². The number of nitrogens with one attached hydrogen (secondary N) is 1. The molecule has 0 aromatic heterocycles. The Morgan fingerprint density at radius 1 is 0.539 bits per heavy atom. The molecule has 36 nitrogen and oxygen atoms in total. The summed E-state index contributed by atoms with van der Waals surface area (Å²) < 4.78 is 169. The molecule has 0 aliphatic rings. The van der Waals surface area contributed by atoms with Gasteiger partial charge in [-0.25, -0.2) is 31.5 Å². The number of hydrogen-bond donors (Lipinski definition) is 10. The summed E-state index contributed by atoms with van der Waals surface area (Å²) in [4.78, 5) is 7.51. The summed E-state index contributed by atoms with van der Waals surface area (Å²) in [6.45, 7) is -0.899. The van der Waals surface area contributed by atoms with Crippen molar-refractivity contribution in [3.63, 3.8) is 0 Å². The van der Waals surface area contributed by atoms with E-state index in [0.717, 1.165) is 84.9 Å². The quantitative estimate of drug-likeness (QED) is 0.00483. The van der Waals surface area contributed by atoms with Crippen LogP contribution in [0, 0.1) is 10.1 Å². The molecule has 0 fully saturated rings. The highest BCUT2D eigenvalue weighted by molar-refractivity contribution is 7.95. The van der Waals surface area contributed by atoms with Crippen molar-refractivity contribution in [2.75, 3.05) is 28.5 Å². The maximum absolute atomic E-state index is 13.5. The Bertz CT molecular complexity index is 4820. The number of non-ortho nitro benzene ring substituents is 1. The normalized spacial score (nSPS) is 12.8. The third kappa shape index (κ3) is 15.9. The van der Waals surface area contributed by atoms with Crippen molar-refractivity contribution in [2.24, 2.45) is 40.9 Å². The van der Waals surface area contributed by atoms with Crippen LogP contribution in [0.15, 0.2) is 192 Å². The molecule has 8 rings (SSSR count). The van der Waals surface area contributed by atoms with Crippen LogP contribution in [0.2, 0.25) is 0 Å². The van der Waals surface area contributed by atoms with Crippen molar-refractivity contribution < 1.29 is 104 Å². The zero-order chi connectivity index (χ0) is 64.8. The standard InChI is InChI=1S/C46H36N12O24S7/c47-40-33(53-49-26-7-13-30(14-8-26)85(65,66)18-17-78-89(75,76)77)22-36(87(69,70)71)32-21-35(84-82-80-64)43(46(60)39(32)40)55-50-24-1-3-28(4-2-24)57-86(67,68)31-15-9-27(10-16-31)52-56-44-37(88(72,73)74)20-23-19-34(83-81-79-63)42(45(59)38(23)41(44)48)54-51-25-5-11-29(12-6-25)58(61)62/h1-16,19-22,57,59-60,63-64H,17-18,47-48H2,(H,69,70,71)(H,72,73,74)(H,75,76,77)/b53-49+,54-51+,55-50+,56-52+. The van der Waals surface area contributed by atoms with Gasteiger partial charge < -0.3 is 21.7 Å². The molecular weight excluding hydrogens is 1330 g/mol. The summed E-state index contributed by atoms with van der Waals surface area (Å²) in [6.07, 6.45) is 0. The number of nitro benzene ring substituents is 1. The molecule has 0 saturated carbocycles. The summed E-state index contributed by atoms with van der Waals surface area (Å²) in [5, 5.41) is 89.5. The molecule has 12 N–H and O–H groups in total. The van der Waals surface area contributed by atoms with Gasteiger partial charge in [0, 0.05) is 23.2 Å². The van der Waals surface area contributed by atoms with Crippen LogP contribution in [0.3, 0.4) is 0 Å². The topological polar surface area (TPSA) is 565 Å². The van der Waals surface area contributed by atoms with E-state index in [4.69, 9.17) is 26.5 Å². The second-order valence-electron chi connectivity index (χ2n) is 17.3. The number of benzene rings is 8. The van der Waals surface area contributed by atoms with Crippen LogP contribution in [0.5, 0.6) is 11.5 Å². The number of nitrogens with zero attached hydrogens (tertiary/aromatic N) is 9. The molecule has 89 heavy (non-hydrogen) atoms. The van der Waals surface area contributed by atoms with Crippen molar-refractivity contribution in [1.29, 1.82) is 0 Å². The number of sulfonamides is 1. The van der Waals surface area contributed by atoms with E-state index in [0.29, 0.717) is 0 Å². The molecule has 0 unspecified atom stereocenters. The Labute approximate surface area is 507 Å². The highest BCUT2D eigenvalue weighted by Gasteiger charge is 2.28. The van der Waals surface area contributed by atoms with Crippen molar-refractivity contribution in [3.05, 3.63) is 131 Å². The summed E-state index contributed by atoms with van der Waals surface area (Å²) in [5.74, 6) is -2.52. The third-order valence-electron chi connectivity index (χ3n) is 11.7. The number of sulfone groups is 1. The molecule has 43 heteroatoms. The number of nitrogens with two attached hydrogens (primary N) is 2. The van der Waals surface area contributed by atoms with Gasteiger partial charge in [0.1, 0.15) is 32.5 Å². The van der Waals surface area contributed by atoms with Gasteiger partial charge >= 0.3 is 10.4 Å². The molecule has 0 amide bonds. The molecule has 0 spiro atoms. The minimum Gasteiger partial charge on any atom is -0.505 e. The highest BCUT2D eigenvalue weighted by Crippen LogP contribution is 2.52. The van der Waals surface area contributed by atoms with Crippen LogP contribution in [0.1, 0.15) is 0 Å². The zero-order valence-electron chi connectivity index (χ0n) is 43.6. The zero-order valence-corrected chi connectivity index (χ0v) is 49.3. The molecule has 0 aliphatic carbocycles. The number of hydrogen-bond acceptors (Lipinski definition) is 33.